The van der Waals surface area contributed by atoms with E-state index < -0.39 is 51.3 Å². The maximum Gasteiger partial charge on any atom is 0.418 e. The first kappa shape index (κ1) is 29.5. The summed E-state index contributed by atoms with van der Waals surface area (Å²) < 4.78 is 85.6. The number of piperazine rings is 1. The predicted octanol–water partition coefficient (Wildman–Crippen LogP) is 5.11. The van der Waals surface area contributed by atoms with Crippen molar-refractivity contribution in [3.63, 3.8) is 0 Å². The number of aromatic nitrogens is 3. The molecule has 0 radical (unpaired) electrons. The number of hydrogen-bond acceptors (Lipinski definition) is 9. The van der Waals surface area contributed by atoms with Crippen LogP contribution < -0.4 is 19.7 Å². The Hall–Kier alpha value is -3.23. The van der Waals surface area contributed by atoms with Gasteiger partial charge in [-0.15, -0.1) is 0 Å². The topological polar surface area (TPSA) is 95.9 Å². The van der Waals surface area contributed by atoms with Crippen LogP contribution in [-0.4, -0.2) is 88.1 Å². The SMILES string of the molecule is CC[C@@H]1CN2c3nc(OC[C@]45CCCN4C[C@H](F)C5)nc4c(F)c(-c5cc(O)cc(Cl)c5C(F)(F)F)nc(c34)OC[C@@H]2CN1. The predicted molar refractivity (Wildman–Crippen MR) is 152 cm³/mol. The summed E-state index contributed by atoms with van der Waals surface area (Å²) in [6.07, 6.45) is -3.26. The molecule has 1 aromatic carbocycles. The third-order valence-corrected chi connectivity index (χ3v) is 9.53. The van der Waals surface area contributed by atoms with Crippen molar-refractivity contribution >= 4 is 28.3 Å². The zero-order chi connectivity index (χ0) is 31.0. The zero-order valence-corrected chi connectivity index (χ0v) is 24.5. The van der Waals surface area contributed by atoms with Crippen LogP contribution in [0.4, 0.5) is 27.8 Å². The second-order valence-corrected chi connectivity index (χ2v) is 12.4. The first-order valence-electron chi connectivity index (χ1n) is 14.6. The molecule has 236 valence electrons. The second kappa shape index (κ2) is 10.7. The van der Waals surface area contributed by atoms with E-state index in [1.165, 1.54) is 0 Å². The third kappa shape index (κ3) is 4.85. The van der Waals surface area contributed by atoms with Crippen LogP contribution in [-0.2, 0) is 6.18 Å². The fourth-order valence-corrected chi connectivity index (χ4v) is 7.42. The minimum absolute atomic E-state index is 0.0737. The number of nitrogens with one attached hydrogen (secondary N) is 1. The van der Waals surface area contributed by atoms with Crippen molar-refractivity contribution in [2.45, 2.75) is 62.6 Å². The van der Waals surface area contributed by atoms with Gasteiger partial charge in [-0.25, -0.2) is 13.8 Å². The van der Waals surface area contributed by atoms with E-state index in [1.54, 1.807) is 0 Å². The lowest BCUT2D eigenvalue weighted by atomic mass is 9.95. The average molecular weight is 641 g/mol. The number of alkyl halides is 4. The highest BCUT2D eigenvalue weighted by atomic mass is 35.5. The van der Waals surface area contributed by atoms with Crippen molar-refractivity contribution in [2.75, 3.05) is 44.3 Å². The molecular weight excluding hydrogens is 611 g/mol. The van der Waals surface area contributed by atoms with Crippen molar-refractivity contribution in [3.05, 3.63) is 28.5 Å². The maximum absolute atomic E-state index is 16.5. The van der Waals surface area contributed by atoms with E-state index in [9.17, 15) is 22.7 Å². The summed E-state index contributed by atoms with van der Waals surface area (Å²) in [4.78, 5) is 17.3. The first-order valence-corrected chi connectivity index (χ1v) is 15.0. The van der Waals surface area contributed by atoms with Gasteiger partial charge < -0.3 is 24.8 Å². The molecule has 9 nitrogen and oxygen atoms in total. The molecule has 0 unspecified atom stereocenters. The molecule has 0 saturated carbocycles. The van der Waals surface area contributed by atoms with Crippen molar-refractivity contribution < 1.29 is 36.5 Å². The third-order valence-electron chi connectivity index (χ3n) is 9.23. The number of nitrogens with zero attached hydrogens (tertiary/aromatic N) is 5. The molecule has 4 aliphatic rings. The van der Waals surface area contributed by atoms with Crippen LogP contribution in [0.2, 0.25) is 5.02 Å². The molecule has 0 spiro atoms. The summed E-state index contributed by atoms with van der Waals surface area (Å²) in [6, 6.07) is 1.15. The summed E-state index contributed by atoms with van der Waals surface area (Å²) in [5, 5.41) is 12.9. The molecule has 4 atom stereocenters. The number of anilines is 1. The van der Waals surface area contributed by atoms with Gasteiger partial charge in [0, 0.05) is 37.7 Å². The van der Waals surface area contributed by atoms with Crippen LogP contribution in [0, 0.1) is 5.82 Å². The Balaban J connectivity index is 1.41. The van der Waals surface area contributed by atoms with E-state index in [4.69, 9.17) is 21.1 Å². The van der Waals surface area contributed by atoms with E-state index in [2.05, 4.69) is 25.2 Å². The van der Waals surface area contributed by atoms with Crippen LogP contribution in [0.15, 0.2) is 12.1 Å². The van der Waals surface area contributed by atoms with Gasteiger partial charge >= 0.3 is 12.2 Å². The number of halogens is 6. The van der Waals surface area contributed by atoms with Crippen molar-refractivity contribution in [2.24, 2.45) is 0 Å². The van der Waals surface area contributed by atoms with Crippen LogP contribution >= 0.6 is 11.6 Å². The number of aromatic hydroxyl groups is 1. The van der Waals surface area contributed by atoms with Gasteiger partial charge in [-0.3, -0.25) is 4.90 Å². The number of hydrogen-bond donors (Lipinski definition) is 2. The summed E-state index contributed by atoms with van der Waals surface area (Å²) in [5.74, 6) is -1.64. The molecule has 6 heterocycles. The smallest absolute Gasteiger partial charge is 0.418 e. The minimum atomic E-state index is -4.99. The Labute approximate surface area is 254 Å². The summed E-state index contributed by atoms with van der Waals surface area (Å²) in [5.41, 5.74) is -3.74. The van der Waals surface area contributed by atoms with Crippen LogP contribution in [0.3, 0.4) is 0 Å². The van der Waals surface area contributed by atoms with Crippen LogP contribution in [0.25, 0.3) is 22.2 Å². The standard InChI is InChI=1S/C29H30ClF5N6O3/c1-2-15-11-41-16(9-36-15)12-43-26-20-24(22(32)23(37-26)18-6-17(42)7-19(30)21(18)29(33,34)35)38-27(39-25(20)41)44-13-28-4-3-5-40(28)10-14(31)8-28/h6-7,14-16,36,42H,2-5,8-13H2,1H3/t14-,15-,16+,28-/m1/s1. The van der Waals surface area contributed by atoms with Gasteiger partial charge in [0.15, 0.2) is 5.82 Å². The highest BCUT2D eigenvalue weighted by Gasteiger charge is 2.49. The molecule has 0 aliphatic carbocycles. The number of phenolic OH excluding ortho intramolecular Hbond substituents is 1. The molecule has 15 heteroatoms. The molecule has 44 heavy (non-hydrogen) atoms. The summed E-state index contributed by atoms with van der Waals surface area (Å²) in [6.45, 7) is 4.26. The lowest BCUT2D eigenvalue weighted by Gasteiger charge is -2.39. The van der Waals surface area contributed by atoms with E-state index in [0.717, 1.165) is 37.9 Å². The monoisotopic (exact) mass is 640 g/mol. The quantitative estimate of drug-likeness (QED) is 0.369. The van der Waals surface area contributed by atoms with Gasteiger partial charge in [0.25, 0.3) is 0 Å². The number of benzene rings is 1. The fourth-order valence-electron chi connectivity index (χ4n) is 7.09. The summed E-state index contributed by atoms with van der Waals surface area (Å²) in [7, 11) is 0. The second-order valence-electron chi connectivity index (χ2n) is 12.0. The molecule has 2 aromatic heterocycles. The van der Waals surface area contributed by atoms with E-state index in [-0.39, 0.29) is 48.1 Å². The van der Waals surface area contributed by atoms with E-state index in [0.29, 0.717) is 31.9 Å². The molecule has 0 amide bonds. The average Bonchev–Trinajstić information content (AvgIpc) is 3.44. The van der Waals surface area contributed by atoms with Gasteiger partial charge in [0.2, 0.25) is 5.88 Å². The Morgan fingerprint density at radius 2 is 2.05 bits per heavy atom. The minimum Gasteiger partial charge on any atom is -0.508 e. The van der Waals surface area contributed by atoms with Gasteiger partial charge in [0.05, 0.1) is 22.2 Å². The number of fused-ring (bicyclic) bond motifs is 3. The summed E-state index contributed by atoms with van der Waals surface area (Å²) >= 11 is 5.92. The Kier molecular flexibility index (Phi) is 7.16. The van der Waals surface area contributed by atoms with Crippen molar-refractivity contribution in [1.29, 1.82) is 0 Å². The molecule has 7 rings (SSSR count). The van der Waals surface area contributed by atoms with Crippen LogP contribution in [0.5, 0.6) is 17.6 Å². The van der Waals surface area contributed by atoms with Crippen molar-refractivity contribution in [3.8, 4) is 28.9 Å². The first-order chi connectivity index (χ1) is 21.0. The Bertz CT molecular complexity index is 1630. The molecule has 4 aliphatic heterocycles. The lowest BCUT2D eigenvalue weighted by molar-refractivity contribution is -0.137. The van der Waals surface area contributed by atoms with Gasteiger partial charge in [-0.2, -0.15) is 23.1 Å². The number of phenols is 1. The Morgan fingerprint density at radius 3 is 2.82 bits per heavy atom. The normalized spacial score (nSPS) is 26.8. The van der Waals surface area contributed by atoms with Crippen molar-refractivity contribution in [1.82, 2.24) is 25.2 Å². The number of rotatable bonds is 5. The zero-order valence-electron chi connectivity index (χ0n) is 23.7. The van der Waals surface area contributed by atoms with Gasteiger partial charge in [-0.05, 0) is 37.9 Å². The maximum atomic E-state index is 16.5. The molecule has 2 N–H and O–H groups in total. The lowest BCUT2D eigenvalue weighted by Crippen LogP contribution is -2.58. The molecule has 3 fully saturated rings. The Morgan fingerprint density at radius 1 is 1.23 bits per heavy atom. The molecular formula is C29H30ClF5N6O3. The fraction of sp³-hybridized carbons (Fsp3) is 0.552. The molecule has 3 saturated heterocycles. The van der Waals surface area contributed by atoms with E-state index >= 15 is 4.39 Å². The largest absolute Gasteiger partial charge is 0.508 e. The molecule has 3 aromatic rings. The highest BCUT2D eigenvalue weighted by molar-refractivity contribution is 6.32. The van der Waals surface area contributed by atoms with E-state index in [1.807, 2.05) is 11.8 Å². The highest BCUT2D eigenvalue weighted by Crippen LogP contribution is 2.47. The van der Waals surface area contributed by atoms with Gasteiger partial charge in [-0.1, -0.05) is 18.5 Å². The number of ether oxygens (including phenoxy) is 2. The number of pyridine rings is 1. The van der Waals surface area contributed by atoms with Gasteiger partial charge in [0.1, 0.15) is 47.5 Å². The molecule has 0 bridgehead atoms. The van der Waals surface area contributed by atoms with Crippen LogP contribution in [0.1, 0.15) is 38.2 Å².